The van der Waals surface area contributed by atoms with Crippen molar-refractivity contribution < 1.29 is 4.79 Å². The van der Waals surface area contributed by atoms with Gasteiger partial charge in [-0.25, -0.2) is 10.4 Å². The predicted octanol–water partition coefficient (Wildman–Crippen LogP) is 4.06. The van der Waals surface area contributed by atoms with Crippen LogP contribution in [-0.4, -0.2) is 38.8 Å². The number of hydrogen-bond acceptors (Lipinski definition) is 6. The van der Waals surface area contributed by atoms with Crippen molar-refractivity contribution in [1.29, 1.82) is 0 Å². The summed E-state index contributed by atoms with van der Waals surface area (Å²) in [7, 11) is 0. The quantitative estimate of drug-likeness (QED) is 0.384. The van der Waals surface area contributed by atoms with Gasteiger partial charge in [-0.15, -0.1) is 0 Å². The molecule has 0 fully saturated rings. The molecule has 33 heavy (non-hydrogen) atoms. The molecule has 0 bridgehead atoms. The average molecular weight is 438 g/mol. The second-order valence-corrected chi connectivity index (χ2v) is 8.25. The summed E-state index contributed by atoms with van der Waals surface area (Å²) in [4.78, 5) is 26.6. The van der Waals surface area contributed by atoms with E-state index < -0.39 is 0 Å². The zero-order valence-corrected chi connectivity index (χ0v) is 17.9. The molecule has 0 unspecified atom stereocenters. The molecule has 1 amide bonds. The van der Waals surface area contributed by atoms with Gasteiger partial charge in [0.05, 0.1) is 16.9 Å². The number of nitrogens with one attached hydrogen (secondary N) is 4. The van der Waals surface area contributed by atoms with Crippen LogP contribution in [0.15, 0.2) is 67.1 Å². The van der Waals surface area contributed by atoms with Crippen LogP contribution in [0.1, 0.15) is 28.0 Å². The Morgan fingerprint density at radius 1 is 1.12 bits per heavy atom. The molecule has 3 aromatic heterocycles. The highest BCUT2D eigenvalue weighted by atomic mass is 16.2. The van der Waals surface area contributed by atoms with Gasteiger partial charge < -0.3 is 20.6 Å². The Bertz CT molecular complexity index is 1380. The number of carbonyl (C=O) groups is 1. The van der Waals surface area contributed by atoms with Gasteiger partial charge in [-0.3, -0.25) is 9.78 Å². The highest BCUT2D eigenvalue weighted by molar-refractivity contribution is 5.96. The van der Waals surface area contributed by atoms with Crippen molar-refractivity contribution in [2.45, 2.75) is 13.0 Å². The van der Waals surface area contributed by atoms with E-state index in [1.165, 1.54) is 11.1 Å². The molecule has 0 spiro atoms. The summed E-state index contributed by atoms with van der Waals surface area (Å²) in [5.41, 5.74) is 14.4. The number of hydrogen-bond donors (Lipinski definition) is 4. The van der Waals surface area contributed by atoms with Crippen molar-refractivity contribution in [3.05, 3.63) is 84.0 Å². The molecule has 4 aromatic rings. The lowest BCUT2D eigenvalue weighted by Crippen LogP contribution is -2.34. The molecular weight excluding hydrogens is 414 g/mol. The van der Waals surface area contributed by atoms with E-state index in [1.54, 1.807) is 24.5 Å². The van der Waals surface area contributed by atoms with E-state index in [2.05, 4.69) is 61.5 Å². The van der Waals surface area contributed by atoms with Crippen LogP contribution in [0.4, 0.5) is 17.1 Å². The number of anilines is 3. The number of carbonyl (C=O) groups excluding carboxylic acids is 1. The van der Waals surface area contributed by atoms with Crippen molar-refractivity contribution in [2.75, 3.05) is 23.8 Å². The summed E-state index contributed by atoms with van der Waals surface area (Å²) in [6.45, 7) is 2.05. The van der Waals surface area contributed by atoms with Crippen LogP contribution in [-0.2, 0) is 6.54 Å². The number of rotatable bonds is 4. The fourth-order valence-electron chi connectivity index (χ4n) is 4.41. The molecule has 2 aliphatic heterocycles. The van der Waals surface area contributed by atoms with Crippen molar-refractivity contribution in [1.82, 2.24) is 25.3 Å². The van der Waals surface area contributed by atoms with E-state index >= 15 is 0 Å². The Hall–Kier alpha value is -4.17. The lowest BCUT2D eigenvalue weighted by atomic mass is 10.0. The standard InChI is InChI=1S/C25H23N7O/c33-25(17-2-1-8-26-14-17)32-10-6-16(7-11-32)23-13-20-22(5-9-27-24(20)30-23)29-19-3-4-21-18(12-19)15-28-31-21/h1-6,8-9,12-14,28,31H,7,10-11,15H2,(H2,27,29,30). The van der Waals surface area contributed by atoms with E-state index in [0.29, 0.717) is 18.7 Å². The third-order valence-electron chi connectivity index (χ3n) is 6.17. The summed E-state index contributed by atoms with van der Waals surface area (Å²) in [5, 5.41) is 4.58. The first-order chi connectivity index (χ1) is 16.2. The molecular formula is C25H23N7O. The number of hydrazine groups is 1. The van der Waals surface area contributed by atoms with Crippen LogP contribution in [0.2, 0.25) is 0 Å². The topological polar surface area (TPSA) is 98.0 Å². The Kier molecular flexibility index (Phi) is 4.77. The lowest BCUT2D eigenvalue weighted by Gasteiger charge is -2.26. The summed E-state index contributed by atoms with van der Waals surface area (Å²) >= 11 is 0. The summed E-state index contributed by atoms with van der Waals surface area (Å²) in [6.07, 6.45) is 8.01. The number of pyridine rings is 2. The van der Waals surface area contributed by atoms with Crippen LogP contribution in [0, 0.1) is 0 Å². The number of aromatic amines is 1. The van der Waals surface area contributed by atoms with Crippen molar-refractivity contribution in [2.24, 2.45) is 0 Å². The first kappa shape index (κ1) is 19.5. The fraction of sp³-hybridized carbons (Fsp3) is 0.160. The molecule has 5 heterocycles. The molecule has 8 nitrogen and oxygen atoms in total. The molecule has 8 heteroatoms. The molecule has 0 aliphatic carbocycles. The van der Waals surface area contributed by atoms with Gasteiger partial charge in [0.2, 0.25) is 0 Å². The largest absolute Gasteiger partial charge is 0.355 e. The summed E-state index contributed by atoms with van der Waals surface area (Å²) in [5.74, 6) is 0.0166. The number of amides is 1. The van der Waals surface area contributed by atoms with E-state index in [9.17, 15) is 4.79 Å². The number of benzene rings is 1. The number of aromatic nitrogens is 3. The van der Waals surface area contributed by atoms with E-state index in [0.717, 1.165) is 46.8 Å². The molecule has 1 aromatic carbocycles. The number of fused-ring (bicyclic) bond motifs is 2. The Morgan fingerprint density at radius 2 is 2.09 bits per heavy atom. The zero-order chi connectivity index (χ0) is 22.2. The van der Waals surface area contributed by atoms with Gasteiger partial charge in [-0.2, -0.15) is 0 Å². The molecule has 0 atom stereocenters. The monoisotopic (exact) mass is 437 g/mol. The smallest absolute Gasteiger partial charge is 0.255 e. The molecule has 164 valence electrons. The zero-order valence-electron chi connectivity index (χ0n) is 17.9. The van der Waals surface area contributed by atoms with Gasteiger partial charge in [0.1, 0.15) is 5.65 Å². The van der Waals surface area contributed by atoms with E-state index in [4.69, 9.17) is 0 Å². The Morgan fingerprint density at radius 3 is 2.94 bits per heavy atom. The van der Waals surface area contributed by atoms with Gasteiger partial charge in [0.15, 0.2) is 0 Å². The van der Waals surface area contributed by atoms with Gasteiger partial charge in [-0.05, 0) is 60.0 Å². The molecule has 6 rings (SSSR count). The Labute approximate surface area is 190 Å². The number of nitrogens with zero attached hydrogens (tertiary/aromatic N) is 3. The second-order valence-electron chi connectivity index (χ2n) is 8.25. The van der Waals surface area contributed by atoms with Crippen molar-refractivity contribution in [3.63, 3.8) is 0 Å². The first-order valence-corrected chi connectivity index (χ1v) is 11.0. The van der Waals surface area contributed by atoms with Crippen LogP contribution < -0.4 is 16.2 Å². The van der Waals surface area contributed by atoms with Gasteiger partial charge in [0, 0.05) is 55.0 Å². The van der Waals surface area contributed by atoms with E-state index in [-0.39, 0.29) is 5.91 Å². The summed E-state index contributed by atoms with van der Waals surface area (Å²) < 4.78 is 0. The normalized spacial score (nSPS) is 15.2. The molecule has 2 aliphatic rings. The minimum Gasteiger partial charge on any atom is -0.355 e. The second kappa shape index (κ2) is 8.07. The van der Waals surface area contributed by atoms with Crippen LogP contribution in [0.25, 0.3) is 16.6 Å². The maximum atomic E-state index is 12.7. The van der Waals surface area contributed by atoms with Crippen molar-refractivity contribution >= 4 is 39.6 Å². The molecule has 0 saturated carbocycles. The highest BCUT2D eigenvalue weighted by Gasteiger charge is 2.20. The predicted molar refractivity (Wildman–Crippen MR) is 129 cm³/mol. The lowest BCUT2D eigenvalue weighted by molar-refractivity contribution is 0.0772. The van der Waals surface area contributed by atoms with Crippen molar-refractivity contribution in [3.8, 4) is 0 Å². The maximum Gasteiger partial charge on any atom is 0.255 e. The third kappa shape index (κ3) is 3.70. The minimum atomic E-state index is 0.0166. The van der Waals surface area contributed by atoms with Gasteiger partial charge >= 0.3 is 0 Å². The van der Waals surface area contributed by atoms with Crippen LogP contribution >= 0.6 is 0 Å². The van der Waals surface area contributed by atoms with E-state index in [1.807, 2.05) is 17.2 Å². The minimum absolute atomic E-state index is 0.0166. The van der Waals surface area contributed by atoms with Crippen LogP contribution in [0.3, 0.4) is 0 Å². The molecule has 0 radical (unpaired) electrons. The van der Waals surface area contributed by atoms with Gasteiger partial charge in [-0.1, -0.05) is 6.08 Å². The third-order valence-corrected chi connectivity index (χ3v) is 6.17. The number of H-pyrrole nitrogens is 1. The molecule has 0 saturated heterocycles. The SMILES string of the molecule is O=C(c1cccnc1)N1CC=C(c2cc3c(Nc4ccc5c(c4)CNN5)ccnc3[nH]2)CC1. The highest BCUT2D eigenvalue weighted by Crippen LogP contribution is 2.32. The van der Waals surface area contributed by atoms with Crippen LogP contribution in [0.5, 0.6) is 0 Å². The van der Waals surface area contributed by atoms with Gasteiger partial charge in [0.25, 0.3) is 5.91 Å². The first-order valence-electron chi connectivity index (χ1n) is 11.0. The maximum absolute atomic E-state index is 12.7. The fourth-order valence-corrected chi connectivity index (χ4v) is 4.41. The molecule has 4 N–H and O–H groups in total. The summed E-state index contributed by atoms with van der Waals surface area (Å²) in [6, 6.07) is 14.0. The Balaban J connectivity index is 1.23. The average Bonchev–Trinajstić information content (AvgIpc) is 3.52.